The normalized spacial score (nSPS) is 12.1. The first kappa shape index (κ1) is 16.3. The Morgan fingerprint density at radius 3 is 2.40 bits per heavy atom. The van der Waals surface area contributed by atoms with E-state index in [0.717, 1.165) is 17.7 Å². The van der Waals surface area contributed by atoms with E-state index in [2.05, 4.69) is 11.9 Å². The van der Waals surface area contributed by atoms with Crippen LogP contribution in [0.1, 0.15) is 18.9 Å². The molecular weight excluding hydrogens is 274 g/mol. The molecule has 0 aliphatic carbocycles. The molecule has 0 saturated carbocycles. The van der Waals surface area contributed by atoms with Crippen molar-refractivity contribution in [3.63, 3.8) is 0 Å². The zero-order valence-corrected chi connectivity index (χ0v) is 12.9. The van der Waals surface area contributed by atoms with Gasteiger partial charge in [0.05, 0.1) is 10.6 Å². The zero-order valence-electron chi connectivity index (χ0n) is 12.1. The van der Waals surface area contributed by atoms with Gasteiger partial charge < -0.3 is 5.32 Å². The molecule has 3 N–H and O–H groups in total. The molecule has 6 heteroatoms. The summed E-state index contributed by atoms with van der Waals surface area (Å²) in [4.78, 5) is 0.141. The van der Waals surface area contributed by atoms with Gasteiger partial charge in [-0.2, -0.15) is 8.42 Å². The second kappa shape index (κ2) is 6.58. The first-order valence-electron chi connectivity index (χ1n) is 6.26. The highest BCUT2D eigenvalue weighted by atomic mass is 32.2. The van der Waals surface area contributed by atoms with Crippen molar-refractivity contribution in [2.45, 2.75) is 25.2 Å². The molecule has 0 unspecified atom stereocenters. The van der Waals surface area contributed by atoms with E-state index < -0.39 is 10.0 Å². The van der Waals surface area contributed by atoms with Gasteiger partial charge in [-0.15, -0.1) is 0 Å². The summed E-state index contributed by atoms with van der Waals surface area (Å²) < 4.78 is 25.4. The van der Waals surface area contributed by atoms with Gasteiger partial charge >= 0.3 is 0 Å². The van der Waals surface area contributed by atoms with Gasteiger partial charge in [0.15, 0.2) is 0 Å². The molecule has 1 aromatic rings. The lowest BCUT2D eigenvalue weighted by atomic mass is 10.2. The van der Waals surface area contributed by atoms with Gasteiger partial charge in [-0.1, -0.05) is 31.2 Å². The summed E-state index contributed by atoms with van der Waals surface area (Å²) in [6, 6.07) is 6.51. The molecule has 0 heterocycles. The summed E-state index contributed by atoms with van der Waals surface area (Å²) in [5, 5.41) is 2.96. The highest BCUT2D eigenvalue weighted by Gasteiger charge is 2.21. The molecule has 0 atom stereocenters. The van der Waals surface area contributed by atoms with E-state index in [1.165, 1.54) is 12.1 Å². The fourth-order valence-corrected chi connectivity index (χ4v) is 2.66. The Bertz CT molecular complexity index is 598. The third-order valence-corrected chi connectivity index (χ3v) is 4.52. The Labute approximate surface area is 120 Å². The van der Waals surface area contributed by atoms with Crippen molar-refractivity contribution in [1.29, 1.82) is 0 Å². The van der Waals surface area contributed by atoms with Crippen LogP contribution < -0.4 is 11.2 Å². The maximum Gasteiger partial charge on any atom is 0.277 e. The number of sulfonamides is 1. The Morgan fingerprint density at radius 1 is 1.40 bits per heavy atom. The monoisotopic (exact) mass is 295 g/mol. The predicted octanol–water partition coefficient (Wildman–Crippen LogP) is 1.89. The first-order valence-corrected chi connectivity index (χ1v) is 7.70. The van der Waals surface area contributed by atoms with E-state index in [1.807, 2.05) is 13.8 Å². The second-order valence-electron chi connectivity index (χ2n) is 4.38. The number of rotatable bonds is 6. The van der Waals surface area contributed by atoms with Gasteiger partial charge in [-0.25, -0.2) is 10.3 Å². The van der Waals surface area contributed by atoms with Crippen LogP contribution in [-0.4, -0.2) is 19.9 Å². The van der Waals surface area contributed by atoms with Crippen LogP contribution >= 0.6 is 0 Å². The third-order valence-electron chi connectivity index (χ3n) is 2.90. The quantitative estimate of drug-likeness (QED) is 0.477. The Morgan fingerprint density at radius 2 is 1.95 bits per heavy atom. The van der Waals surface area contributed by atoms with Crippen molar-refractivity contribution < 1.29 is 8.42 Å². The number of nitrogens with zero attached hydrogens (tertiary/aromatic N) is 1. The fourth-order valence-electron chi connectivity index (χ4n) is 1.59. The number of benzene rings is 1. The lowest BCUT2D eigenvalue weighted by Gasteiger charge is -2.19. The standard InChI is InChI=1S/C14H21N3O2S/c1-5-13(16-4)10-12(3)17(15)20(18,19)14-8-6-11(2)7-9-14/h6-10,16H,3,5,15H2,1-2,4H3/b13-10+. The van der Waals surface area contributed by atoms with E-state index in [9.17, 15) is 8.42 Å². The summed E-state index contributed by atoms with van der Waals surface area (Å²) in [7, 11) is -2.02. The van der Waals surface area contributed by atoms with Crippen molar-refractivity contribution in [2.75, 3.05) is 7.05 Å². The van der Waals surface area contributed by atoms with E-state index in [1.54, 1.807) is 25.3 Å². The van der Waals surface area contributed by atoms with Crippen molar-refractivity contribution >= 4 is 10.0 Å². The summed E-state index contributed by atoms with van der Waals surface area (Å²) in [5.41, 5.74) is 2.04. The van der Waals surface area contributed by atoms with Crippen LogP contribution in [0.4, 0.5) is 0 Å². The third kappa shape index (κ3) is 3.61. The van der Waals surface area contributed by atoms with Crippen molar-refractivity contribution in [2.24, 2.45) is 5.84 Å². The summed E-state index contributed by atoms with van der Waals surface area (Å²) in [6.45, 7) is 7.54. The van der Waals surface area contributed by atoms with Gasteiger partial charge in [0.2, 0.25) is 0 Å². The predicted molar refractivity (Wildman–Crippen MR) is 81.0 cm³/mol. The van der Waals surface area contributed by atoms with Crippen LogP contribution in [0.5, 0.6) is 0 Å². The van der Waals surface area contributed by atoms with E-state index >= 15 is 0 Å². The highest BCUT2D eigenvalue weighted by Crippen LogP contribution is 2.18. The molecule has 110 valence electrons. The molecule has 0 aromatic heterocycles. The van der Waals surface area contributed by atoms with Crippen LogP contribution in [0, 0.1) is 6.92 Å². The van der Waals surface area contributed by atoms with Crippen molar-refractivity contribution in [3.05, 3.63) is 53.9 Å². The summed E-state index contributed by atoms with van der Waals surface area (Å²) in [5.74, 6) is 5.70. The fraction of sp³-hybridized carbons (Fsp3) is 0.286. The van der Waals surface area contributed by atoms with Crippen LogP contribution in [0.2, 0.25) is 0 Å². The van der Waals surface area contributed by atoms with E-state index in [4.69, 9.17) is 5.84 Å². The zero-order chi connectivity index (χ0) is 15.3. The number of hydrogen-bond donors (Lipinski definition) is 2. The molecule has 5 nitrogen and oxygen atoms in total. The van der Waals surface area contributed by atoms with Crippen LogP contribution in [0.25, 0.3) is 0 Å². The summed E-state index contributed by atoms with van der Waals surface area (Å²) >= 11 is 0. The van der Waals surface area contributed by atoms with Gasteiger partial charge in [0.25, 0.3) is 10.0 Å². The molecule has 0 spiro atoms. The van der Waals surface area contributed by atoms with Gasteiger partial charge in [0.1, 0.15) is 0 Å². The van der Waals surface area contributed by atoms with Gasteiger partial charge in [0, 0.05) is 12.7 Å². The lowest BCUT2D eigenvalue weighted by Crippen LogP contribution is -2.36. The molecule has 1 rings (SSSR count). The first-order chi connectivity index (χ1) is 9.32. The number of nitrogens with two attached hydrogens (primary N) is 1. The smallest absolute Gasteiger partial charge is 0.277 e. The Kier molecular flexibility index (Phi) is 5.35. The SMILES string of the molecule is C=C(/C=C(\CC)NC)N(N)S(=O)(=O)c1ccc(C)cc1. The van der Waals surface area contributed by atoms with Gasteiger partial charge in [-0.3, -0.25) is 0 Å². The molecule has 0 bridgehead atoms. The average molecular weight is 295 g/mol. The number of nitrogens with one attached hydrogen (secondary N) is 1. The van der Waals surface area contributed by atoms with Crippen molar-refractivity contribution in [3.8, 4) is 0 Å². The minimum Gasteiger partial charge on any atom is -0.391 e. The number of aryl methyl sites for hydroxylation is 1. The van der Waals surface area contributed by atoms with E-state index in [-0.39, 0.29) is 10.6 Å². The summed E-state index contributed by atoms with van der Waals surface area (Å²) in [6.07, 6.45) is 2.35. The molecule has 0 fully saturated rings. The van der Waals surface area contributed by atoms with Gasteiger partial charge in [-0.05, 0) is 31.6 Å². The Hall–Kier alpha value is -1.79. The number of allylic oxidation sites excluding steroid dienone is 2. The molecule has 0 amide bonds. The highest BCUT2D eigenvalue weighted by molar-refractivity contribution is 7.89. The van der Waals surface area contributed by atoms with E-state index in [0.29, 0.717) is 4.41 Å². The maximum absolute atomic E-state index is 12.3. The molecule has 0 radical (unpaired) electrons. The van der Waals surface area contributed by atoms with Crippen LogP contribution in [0.15, 0.2) is 53.2 Å². The topological polar surface area (TPSA) is 75.4 Å². The molecule has 0 aliphatic heterocycles. The average Bonchev–Trinajstić information content (AvgIpc) is 2.44. The van der Waals surface area contributed by atoms with Crippen molar-refractivity contribution in [1.82, 2.24) is 9.73 Å². The second-order valence-corrected chi connectivity index (χ2v) is 6.19. The Balaban J connectivity index is 3.06. The molecule has 0 saturated heterocycles. The molecule has 1 aromatic carbocycles. The maximum atomic E-state index is 12.3. The minimum atomic E-state index is -3.78. The largest absolute Gasteiger partial charge is 0.391 e. The molecule has 0 aliphatic rings. The molecular formula is C14H21N3O2S. The minimum absolute atomic E-state index is 0.141. The molecule has 20 heavy (non-hydrogen) atoms. The van der Waals surface area contributed by atoms with Crippen LogP contribution in [-0.2, 0) is 10.0 Å². The number of hydrazine groups is 1. The van der Waals surface area contributed by atoms with Crippen LogP contribution in [0.3, 0.4) is 0 Å². The number of hydrogen-bond acceptors (Lipinski definition) is 4. The lowest BCUT2D eigenvalue weighted by molar-refractivity contribution is 0.499.